The summed E-state index contributed by atoms with van der Waals surface area (Å²) in [5, 5.41) is 7.59. The van der Waals surface area contributed by atoms with Crippen LogP contribution in [0.15, 0.2) is 12.4 Å². The molecule has 1 saturated heterocycles. The lowest BCUT2D eigenvalue weighted by molar-refractivity contribution is 0.159. The van der Waals surface area contributed by atoms with E-state index in [-0.39, 0.29) is 0 Å². The average Bonchev–Trinajstić information content (AvgIpc) is 2.75. The molecule has 96 valence electrons. The number of nitrogens with zero attached hydrogens (tertiary/aromatic N) is 3. The van der Waals surface area contributed by atoms with Crippen LogP contribution in [-0.2, 0) is 13.6 Å². The zero-order valence-corrected chi connectivity index (χ0v) is 11.2. The van der Waals surface area contributed by atoms with Crippen molar-refractivity contribution in [2.75, 3.05) is 20.1 Å². The Hall–Kier alpha value is -0.870. The molecule has 1 fully saturated rings. The van der Waals surface area contributed by atoms with Crippen molar-refractivity contribution in [2.45, 2.75) is 32.4 Å². The van der Waals surface area contributed by atoms with Crippen LogP contribution in [0, 0.1) is 5.92 Å². The van der Waals surface area contributed by atoms with E-state index in [9.17, 15) is 0 Å². The summed E-state index contributed by atoms with van der Waals surface area (Å²) in [4.78, 5) is 2.54. The molecule has 1 unspecified atom stereocenters. The first kappa shape index (κ1) is 12.6. The lowest BCUT2D eigenvalue weighted by atomic mass is 9.90. The van der Waals surface area contributed by atoms with E-state index >= 15 is 0 Å². The van der Waals surface area contributed by atoms with Gasteiger partial charge in [-0.05, 0) is 45.8 Å². The summed E-state index contributed by atoms with van der Waals surface area (Å²) in [5.74, 6) is 0.838. The Morgan fingerprint density at radius 1 is 1.47 bits per heavy atom. The maximum atomic E-state index is 4.22. The smallest absolute Gasteiger partial charge is 0.0534 e. The van der Waals surface area contributed by atoms with Crippen molar-refractivity contribution in [1.29, 1.82) is 0 Å². The monoisotopic (exact) mass is 236 g/mol. The second-order valence-corrected chi connectivity index (χ2v) is 5.21. The van der Waals surface area contributed by atoms with Crippen molar-refractivity contribution in [3.8, 4) is 0 Å². The summed E-state index contributed by atoms with van der Waals surface area (Å²) >= 11 is 0. The first-order valence-electron chi connectivity index (χ1n) is 6.56. The molecule has 0 bridgehead atoms. The lowest BCUT2D eigenvalue weighted by Crippen LogP contribution is -2.40. The Labute approximate surface area is 104 Å². The van der Waals surface area contributed by atoms with Gasteiger partial charge in [0.2, 0.25) is 0 Å². The van der Waals surface area contributed by atoms with Crippen molar-refractivity contribution in [3.63, 3.8) is 0 Å². The summed E-state index contributed by atoms with van der Waals surface area (Å²) in [6.07, 6.45) is 6.70. The number of aromatic nitrogens is 2. The summed E-state index contributed by atoms with van der Waals surface area (Å²) in [6, 6.07) is 0.649. The number of hydrogen-bond donors (Lipinski definition) is 1. The normalized spacial score (nSPS) is 20.6. The SMILES string of the molecule is CNC(C)C1CCN(Cc2cnn(C)c2)CC1. The zero-order valence-electron chi connectivity index (χ0n) is 11.2. The molecule has 4 heteroatoms. The highest BCUT2D eigenvalue weighted by molar-refractivity contribution is 5.03. The largest absolute Gasteiger partial charge is 0.317 e. The molecule has 0 amide bonds. The Morgan fingerprint density at radius 2 is 2.18 bits per heavy atom. The molecule has 0 saturated carbocycles. The number of aryl methyl sites for hydroxylation is 1. The van der Waals surface area contributed by atoms with Crippen LogP contribution >= 0.6 is 0 Å². The van der Waals surface area contributed by atoms with Crippen LogP contribution in [0.2, 0.25) is 0 Å². The number of likely N-dealkylation sites (tertiary alicyclic amines) is 1. The van der Waals surface area contributed by atoms with Crippen LogP contribution in [0.3, 0.4) is 0 Å². The highest BCUT2D eigenvalue weighted by Crippen LogP contribution is 2.21. The molecule has 0 aliphatic carbocycles. The van der Waals surface area contributed by atoms with Gasteiger partial charge in [0.1, 0.15) is 0 Å². The molecule has 4 nitrogen and oxygen atoms in total. The standard InChI is InChI=1S/C13H24N4/c1-11(14-2)13-4-6-17(7-5-13)10-12-8-15-16(3)9-12/h8-9,11,13-14H,4-7,10H2,1-3H3. The highest BCUT2D eigenvalue weighted by Gasteiger charge is 2.22. The topological polar surface area (TPSA) is 33.1 Å². The molecule has 0 radical (unpaired) electrons. The number of hydrogen-bond acceptors (Lipinski definition) is 3. The van der Waals surface area contributed by atoms with Crippen LogP contribution in [-0.4, -0.2) is 40.9 Å². The van der Waals surface area contributed by atoms with Gasteiger partial charge in [-0.1, -0.05) is 0 Å². The third-order valence-electron chi connectivity index (χ3n) is 3.96. The van der Waals surface area contributed by atoms with Crippen LogP contribution in [0.5, 0.6) is 0 Å². The number of rotatable bonds is 4. The fourth-order valence-corrected chi connectivity index (χ4v) is 2.66. The van der Waals surface area contributed by atoms with E-state index in [1.165, 1.54) is 31.5 Å². The molecule has 1 aromatic rings. The predicted octanol–water partition coefficient (Wildman–Crippen LogP) is 1.24. The predicted molar refractivity (Wildman–Crippen MR) is 69.7 cm³/mol. The lowest BCUT2D eigenvalue weighted by Gasteiger charge is -2.34. The van der Waals surface area contributed by atoms with Crippen LogP contribution in [0.25, 0.3) is 0 Å². The molecular weight excluding hydrogens is 212 g/mol. The molecule has 1 N–H and O–H groups in total. The van der Waals surface area contributed by atoms with Crippen LogP contribution in [0.4, 0.5) is 0 Å². The summed E-state index contributed by atoms with van der Waals surface area (Å²) < 4.78 is 1.88. The Morgan fingerprint density at radius 3 is 2.71 bits per heavy atom. The average molecular weight is 236 g/mol. The number of piperidine rings is 1. The molecule has 17 heavy (non-hydrogen) atoms. The Balaban J connectivity index is 1.79. The van der Waals surface area contributed by atoms with E-state index in [1.54, 1.807) is 0 Å². The molecule has 1 aromatic heterocycles. The minimum absolute atomic E-state index is 0.649. The molecule has 1 atom stereocenters. The van der Waals surface area contributed by atoms with Gasteiger partial charge in [-0.3, -0.25) is 9.58 Å². The molecule has 1 aliphatic rings. The summed E-state index contributed by atoms with van der Waals surface area (Å²) in [7, 11) is 4.04. The fraction of sp³-hybridized carbons (Fsp3) is 0.769. The van der Waals surface area contributed by atoms with Gasteiger partial charge in [0.05, 0.1) is 6.20 Å². The van der Waals surface area contributed by atoms with E-state index in [0.29, 0.717) is 6.04 Å². The first-order chi connectivity index (χ1) is 8.19. The van der Waals surface area contributed by atoms with Crippen LogP contribution in [0.1, 0.15) is 25.3 Å². The van der Waals surface area contributed by atoms with Crippen LogP contribution < -0.4 is 5.32 Å². The second-order valence-electron chi connectivity index (χ2n) is 5.21. The fourth-order valence-electron chi connectivity index (χ4n) is 2.66. The molecule has 0 spiro atoms. The molecule has 1 aliphatic heterocycles. The third-order valence-corrected chi connectivity index (χ3v) is 3.96. The van der Waals surface area contributed by atoms with Gasteiger partial charge < -0.3 is 5.32 Å². The highest BCUT2D eigenvalue weighted by atomic mass is 15.2. The third kappa shape index (κ3) is 3.30. The van der Waals surface area contributed by atoms with Gasteiger partial charge in [0.25, 0.3) is 0 Å². The van der Waals surface area contributed by atoms with Crippen molar-refractivity contribution in [1.82, 2.24) is 20.0 Å². The Bertz CT molecular complexity index is 339. The van der Waals surface area contributed by atoms with Gasteiger partial charge in [0.15, 0.2) is 0 Å². The van der Waals surface area contributed by atoms with Crippen molar-refractivity contribution in [2.24, 2.45) is 13.0 Å². The van der Waals surface area contributed by atoms with Gasteiger partial charge in [0, 0.05) is 31.4 Å². The summed E-state index contributed by atoms with van der Waals surface area (Å²) in [6.45, 7) is 5.77. The number of nitrogens with one attached hydrogen (secondary N) is 1. The van der Waals surface area contributed by atoms with E-state index in [0.717, 1.165) is 12.5 Å². The Kier molecular flexibility index (Phi) is 4.18. The van der Waals surface area contributed by atoms with E-state index in [4.69, 9.17) is 0 Å². The van der Waals surface area contributed by atoms with Gasteiger partial charge in [-0.25, -0.2) is 0 Å². The van der Waals surface area contributed by atoms with E-state index < -0.39 is 0 Å². The minimum atomic E-state index is 0.649. The molecule has 2 rings (SSSR count). The van der Waals surface area contributed by atoms with Crippen molar-refractivity contribution in [3.05, 3.63) is 18.0 Å². The molecule has 2 heterocycles. The maximum Gasteiger partial charge on any atom is 0.0534 e. The van der Waals surface area contributed by atoms with Crippen molar-refractivity contribution >= 4 is 0 Å². The van der Waals surface area contributed by atoms with Gasteiger partial charge in [-0.2, -0.15) is 5.10 Å². The van der Waals surface area contributed by atoms with E-state index in [1.807, 2.05) is 17.9 Å². The zero-order chi connectivity index (χ0) is 12.3. The quantitative estimate of drug-likeness (QED) is 0.854. The minimum Gasteiger partial charge on any atom is -0.317 e. The van der Waals surface area contributed by atoms with Gasteiger partial charge >= 0.3 is 0 Å². The second kappa shape index (κ2) is 5.65. The summed E-state index contributed by atoms with van der Waals surface area (Å²) in [5.41, 5.74) is 1.33. The maximum absolute atomic E-state index is 4.22. The molecule has 0 aromatic carbocycles. The first-order valence-corrected chi connectivity index (χ1v) is 6.56. The van der Waals surface area contributed by atoms with Crippen molar-refractivity contribution < 1.29 is 0 Å². The molecular formula is C13H24N4. The van der Waals surface area contributed by atoms with Gasteiger partial charge in [-0.15, -0.1) is 0 Å². The van der Waals surface area contributed by atoms with E-state index in [2.05, 4.69) is 35.5 Å².